The van der Waals surface area contributed by atoms with Crippen LogP contribution in [0.2, 0.25) is 0 Å². The summed E-state index contributed by atoms with van der Waals surface area (Å²) in [6, 6.07) is -0.681. The predicted octanol–water partition coefficient (Wildman–Crippen LogP) is -0.508. The molecule has 6 N–H and O–H groups in total. The zero-order chi connectivity index (χ0) is 20.8. The van der Waals surface area contributed by atoms with Gasteiger partial charge in [0.1, 0.15) is 24.4 Å². The summed E-state index contributed by atoms with van der Waals surface area (Å²) in [4.78, 5) is 13.3. The summed E-state index contributed by atoms with van der Waals surface area (Å²) in [5.41, 5.74) is 0.544. The summed E-state index contributed by atoms with van der Waals surface area (Å²) in [5.74, 6) is -2.01. The molecule has 158 valence electrons. The van der Waals surface area contributed by atoms with E-state index in [-0.39, 0.29) is 25.4 Å². The van der Waals surface area contributed by atoms with E-state index in [1.54, 1.807) is 6.92 Å². The molecule has 27 heavy (non-hydrogen) atoms. The Morgan fingerprint density at radius 3 is 2.52 bits per heavy atom. The number of halogens is 1. The molecular formula is C17H31ClN2O7. The standard InChI is InChI=1S/C17H31ClN2O7/c1-4-5-6-17(26)14(23)12(22)11(21)13(27-17)15(24)20(9-10(2)3)16(25)19-8-7-18/h11-15,21-24,26H,2,4-9H2,1,3H3,(H,19,25)/t11-,12-,13-,14+,15?,17-/m0/s1. The minimum atomic E-state index is -2.16. The van der Waals surface area contributed by atoms with Crippen molar-refractivity contribution in [2.75, 3.05) is 19.0 Å². The number of carbonyl (C=O) groups excluding carboxylic acids is 1. The van der Waals surface area contributed by atoms with E-state index >= 15 is 0 Å². The number of aliphatic hydroxyl groups excluding tert-OH is 4. The van der Waals surface area contributed by atoms with Crippen molar-refractivity contribution in [3.8, 4) is 0 Å². The first-order chi connectivity index (χ1) is 12.6. The number of amides is 2. The zero-order valence-corrected chi connectivity index (χ0v) is 16.5. The molecule has 1 aliphatic heterocycles. The normalized spacial score (nSPS) is 32.0. The van der Waals surface area contributed by atoms with Gasteiger partial charge in [-0.2, -0.15) is 0 Å². The van der Waals surface area contributed by atoms with Crippen LogP contribution in [0.5, 0.6) is 0 Å². The maximum Gasteiger partial charge on any atom is 0.319 e. The van der Waals surface area contributed by atoms with Gasteiger partial charge >= 0.3 is 6.03 Å². The smallest absolute Gasteiger partial charge is 0.319 e. The molecule has 10 heteroatoms. The number of urea groups is 1. The number of unbranched alkanes of at least 4 members (excludes halogenated alkanes) is 1. The molecule has 1 saturated heterocycles. The number of hydrogen-bond donors (Lipinski definition) is 6. The molecule has 0 radical (unpaired) electrons. The molecule has 0 saturated carbocycles. The first kappa shape index (κ1) is 24.1. The minimum absolute atomic E-state index is 0.0173. The molecule has 9 nitrogen and oxygen atoms in total. The van der Waals surface area contributed by atoms with E-state index in [2.05, 4.69) is 11.9 Å². The van der Waals surface area contributed by atoms with Gasteiger partial charge in [0.2, 0.25) is 0 Å². The van der Waals surface area contributed by atoms with E-state index in [0.29, 0.717) is 18.4 Å². The van der Waals surface area contributed by atoms with E-state index in [1.807, 2.05) is 6.92 Å². The van der Waals surface area contributed by atoms with Crippen molar-refractivity contribution in [3.05, 3.63) is 12.2 Å². The van der Waals surface area contributed by atoms with E-state index in [4.69, 9.17) is 16.3 Å². The highest BCUT2D eigenvalue weighted by molar-refractivity contribution is 6.18. The first-order valence-corrected chi connectivity index (χ1v) is 9.49. The molecule has 0 aromatic rings. The third kappa shape index (κ3) is 6.02. The summed E-state index contributed by atoms with van der Waals surface area (Å²) < 4.78 is 5.42. The SMILES string of the molecule is C=C(C)CN(C(=O)NCCCl)C(O)[C@H]1O[C@@](O)(CCCC)[C@H](O)[C@@H](O)[C@@H]1O. The van der Waals surface area contributed by atoms with Crippen LogP contribution in [-0.2, 0) is 4.74 Å². The number of rotatable bonds is 9. The molecule has 1 unspecified atom stereocenters. The molecular weight excluding hydrogens is 380 g/mol. The average molecular weight is 411 g/mol. The molecule has 0 aromatic carbocycles. The lowest BCUT2D eigenvalue weighted by Crippen LogP contribution is -2.69. The highest BCUT2D eigenvalue weighted by Crippen LogP contribution is 2.34. The maximum absolute atomic E-state index is 12.4. The van der Waals surface area contributed by atoms with Crippen LogP contribution in [0.4, 0.5) is 4.79 Å². The maximum atomic E-state index is 12.4. The summed E-state index contributed by atoms with van der Waals surface area (Å²) >= 11 is 5.56. The van der Waals surface area contributed by atoms with Gasteiger partial charge in [0, 0.05) is 25.4 Å². The van der Waals surface area contributed by atoms with Crippen molar-refractivity contribution >= 4 is 17.6 Å². The van der Waals surface area contributed by atoms with E-state index in [1.165, 1.54) is 0 Å². The summed E-state index contributed by atoms with van der Waals surface area (Å²) in [6.07, 6.45) is -7.38. The lowest BCUT2D eigenvalue weighted by Gasteiger charge is -2.48. The number of nitrogens with one attached hydrogen (secondary N) is 1. The topological polar surface area (TPSA) is 143 Å². The molecule has 1 heterocycles. The van der Waals surface area contributed by atoms with Gasteiger partial charge in [-0.3, -0.25) is 4.90 Å². The minimum Gasteiger partial charge on any atom is -0.387 e. The van der Waals surface area contributed by atoms with Crippen molar-refractivity contribution < 1.29 is 35.1 Å². The Morgan fingerprint density at radius 1 is 1.37 bits per heavy atom. The van der Waals surface area contributed by atoms with Gasteiger partial charge in [-0.05, 0) is 13.3 Å². The molecule has 2 amide bonds. The van der Waals surface area contributed by atoms with Crippen LogP contribution in [-0.4, -0.2) is 91.9 Å². The Labute approximate surface area is 164 Å². The fraction of sp³-hybridized carbons (Fsp3) is 0.824. The lowest BCUT2D eigenvalue weighted by atomic mass is 9.88. The summed E-state index contributed by atoms with van der Waals surface area (Å²) in [5, 5.41) is 54.3. The second-order valence-electron chi connectivity index (χ2n) is 6.88. The van der Waals surface area contributed by atoms with Crippen LogP contribution in [0.25, 0.3) is 0 Å². The Morgan fingerprint density at radius 2 is 2.00 bits per heavy atom. The number of hydrogen-bond acceptors (Lipinski definition) is 7. The van der Waals surface area contributed by atoms with Gasteiger partial charge < -0.3 is 35.6 Å². The van der Waals surface area contributed by atoms with Crippen molar-refractivity contribution in [2.24, 2.45) is 0 Å². The Kier molecular flexibility index (Phi) is 9.43. The van der Waals surface area contributed by atoms with Gasteiger partial charge in [-0.15, -0.1) is 11.6 Å². The van der Waals surface area contributed by atoms with Crippen molar-refractivity contribution in [3.63, 3.8) is 0 Å². The molecule has 6 atom stereocenters. The van der Waals surface area contributed by atoms with E-state index in [9.17, 15) is 30.3 Å². The second-order valence-corrected chi connectivity index (χ2v) is 7.25. The Hall–Kier alpha value is -0.940. The van der Waals surface area contributed by atoms with Crippen LogP contribution < -0.4 is 5.32 Å². The average Bonchev–Trinajstić information content (AvgIpc) is 2.63. The molecule has 0 aromatic heterocycles. The zero-order valence-electron chi connectivity index (χ0n) is 15.7. The third-order valence-electron chi connectivity index (χ3n) is 4.39. The van der Waals surface area contributed by atoms with Crippen LogP contribution in [0.3, 0.4) is 0 Å². The second kappa shape index (κ2) is 10.6. The van der Waals surface area contributed by atoms with Crippen LogP contribution >= 0.6 is 11.6 Å². The number of carbonyl (C=O) groups is 1. The summed E-state index contributed by atoms with van der Waals surface area (Å²) in [7, 11) is 0. The number of ether oxygens (including phenoxy) is 1. The van der Waals surface area contributed by atoms with Gasteiger partial charge in [0.05, 0.1) is 0 Å². The molecule has 1 fully saturated rings. The molecule has 0 spiro atoms. The Balaban J connectivity index is 3.08. The molecule has 0 aliphatic carbocycles. The number of nitrogens with zero attached hydrogens (tertiary/aromatic N) is 1. The van der Waals surface area contributed by atoms with Crippen LogP contribution in [0.15, 0.2) is 12.2 Å². The fourth-order valence-corrected chi connectivity index (χ4v) is 3.00. The quantitative estimate of drug-likeness (QED) is 0.171. The Bertz CT molecular complexity index is 510. The molecule has 0 bridgehead atoms. The van der Waals surface area contributed by atoms with E-state index in [0.717, 1.165) is 4.90 Å². The molecule has 1 rings (SSSR count). The van der Waals surface area contributed by atoms with Crippen molar-refractivity contribution in [1.82, 2.24) is 10.2 Å². The largest absolute Gasteiger partial charge is 0.387 e. The van der Waals surface area contributed by atoms with Crippen molar-refractivity contribution in [1.29, 1.82) is 0 Å². The number of aliphatic hydroxyl groups is 5. The van der Waals surface area contributed by atoms with E-state index < -0.39 is 42.5 Å². The highest BCUT2D eigenvalue weighted by Gasteiger charge is 2.55. The van der Waals surface area contributed by atoms with Gasteiger partial charge in [-0.25, -0.2) is 4.79 Å². The fourth-order valence-electron chi connectivity index (χ4n) is 2.91. The monoisotopic (exact) mass is 410 g/mol. The predicted molar refractivity (Wildman–Crippen MR) is 99.0 cm³/mol. The third-order valence-corrected chi connectivity index (χ3v) is 4.57. The van der Waals surface area contributed by atoms with Crippen LogP contribution in [0, 0.1) is 0 Å². The number of alkyl halides is 1. The van der Waals surface area contributed by atoms with Crippen molar-refractivity contribution in [2.45, 2.75) is 69.5 Å². The highest BCUT2D eigenvalue weighted by atomic mass is 35.5. The first-order valence-electron chi connectivity index (χ1n) is 8.96. The van der Waals surface area contributed by atoms with Crippen LogP contribution in [0.1, 0.15) is 33.1 Å². The van der Waals surface area contributed by atoms with Gasteiger partial charge in [0.25, 0.3) is 0 Å². The lowest BCUT2D eigenvalue weighted by molar-refractivity contribution is -0.364. The van der Waals surface area contributed by atoms with Gasteiger partial charge in [-0.1, -0.05) is 25.5 Å². The summed E-state index contributed by atoms with van der Waals surface area (Å²) in [6.45, 7) is 7.30. The van der Waals surface area contributed by atoms with Gasteiger partial charge in [0.15, 0.2) is 12.0 Å². The molecule has 1 aliphatic rings.